The molecule has 0 radical (unpaired) electrons. The predicted octanol–water partition coefficient (Wildman–Crippen LogP) is 2.91. The highest BCUT2D eigenvalue weighted by Gasteiger charge is 2.23. The minimum Gasteiger partial charge on any atom is -0.314 e. The summed E-state index contributed by atoms with van der Waals surface area (Å²) in [6.45, 7) is 3.63. The molecule has 2 fully saturated rings. The van der Waals surface area contributed by atoms with E-state index >= 15 is 0 Å². The Morgan fingerprint density at radius 2 is 1.86 bits per heavy atom. The molecule has 0 bridgehead atoms. The Kier molecular flexibility index (Phi) is 4.18. The summed E-state index contributed by atoms with van der Waals surface area (Å²) < 4.78 is 0. The van der Waals surface area contributed by atoms with Gasteiger partial charge in [0.1, 0.15) is 0 Å². The van der Waals surface area contributed by atoms with Crippen molar-refractivity contribution in [1.29, 1.82) is 0 Å². The fourth-order valence-corrected chi connectivity index (χ4v) is 3.46. The second-order valence-corrected chi connectivity index (χ2v) is 6.27. The first kappa shape index (κ1) is 10.8. The molecule has 0 aromatic heterocycles. The number of hydrogen-bond acceptors (Lipinski definition) is 2. The van der Waals surface area contributed by atoms with Gasteiger partial charge in [-0.3, -0.25) is 0 Å². The third-order valence-electron chi connectivity index (χ3n) is 3.48. The standard InChI is InChI=1S/C12H23NS/c1-10(8-11-2-3-11)13-9-12-4-6-14-7-5-12/h10-13H,2-9H2,1H3. The van der Waals surface area contributed by atoms with Crippen LogP contribution in [0.15, 0.2) is 0 Å². The molecule has 1 saturated carbocycles. The van der Waals surface area contributed by atoms with Gasteiger partial charge in [0, 0.05) is 6.04 Å². The number of thioether (sulfide) groups is 1. The Morgan fingerprint density at radius 1 is 1.14 bits per heavy atom. The number of nitrogens with one attached hydrogen (secondary N) is 1. The molecule has 82 valence electrons. The van der Waals surface area contributed by atoms with Crippen LogP contribution in [0.3, 0.4) is 0 Å². The molecule has 1 unspecified atom stereocenters. The van der Waals surface area contributed by atoms with Gasteiger partial charge in [0.25, 0.3) is 0 Å². The van der Waals surface area contributed by atoms with Crippen LogP contribution in [0.2, 0.25) is 0 Å². The van der Waals surface area contributed by atoms with Gasteiger partial charge in [-0.1, -0.05) is 12.8 Å². The molecule has 1 aliphatic heterocycles. The lowest BCUT2D eigenvalue weighted by molar-refractivity contribution is 0.398. The number of hydrogen-bond donors (Lipinski definition) is 1. The van der Waals surface area contributed by atoms with Gasteiger partial charge in [0.15, 0.2) is 0 Å². The van der Waals surface area contributed by atoms with Crippen molar-refractivity contribution in [2.45, 2.75) is 45.1 Å². The van der Waals surface area contributed by atoms with E-state index in [9.17, 15) is 0 Å². The second kappa shape index (κ2) is 5.41. The summed E-state index contributed by atoms with van der Waals surface area (Å²) in [5.41, 5.74) is 0. The number of rotatable bonds is 5. The summed E-state index contributed by atoms with van der Waals surface area (Å²) >= 11 is 2.13. The first-order chi connectivity index (χ1) is 6.84. The second-order valence-electron chi connectivity index (χ2n) is 5.04. The van der Waals surface area contributed by atoms with E-state index in [4.69, 9.17) is 0 Å². The smallest absolute Gasteiger partial charge is 0.00414 e. The molecular weight excluding hydrogens is 190 g/mol. The molecule has 1 N–H and O–H groups in total. The van der Waals surface area contributed by atoms with Crippen LogP contribution in [0, 0.1) is 11.8 Å². The molecule has 1 heterocycles. The predicted molar refractivity (Wildman–Crippen MR) is 64.9 cm³/mol. The van der Waals surface area contributed by atoms with Gasteiger partial charge in [0.05, 0.1) is 0 Å². The highest BCUT2D eigenvalue weighted by atomic mass is 32.2. The monoisotopic (exact) mass is 213 g/mol. The Balaban J connectivity index is 1.55. The topological polar surface area (TPSA) is 12.0 Å². The van der Waals surface area contributed by atoms with Crippen molar-refractivity contribution in [3.63, 3.8) is 0 Å². The van der Waals surface area contributed by atoms with E-state index in [0.29, 0.717) is 0 Å². The molecule has 0 spiro atoms. The van der Waals surface area contributed by atoms with E-state index in [1.807, 2.05) is 0 Å². The first-order valence-electron chi connectivity index (χ1n) is 6.15. The SMILES string of the molecule is CC(CC1CC1)NCC1CCSCC1. The molecule has 1 saturated heterocycles. The largest absolute Gasteiger partial charge is 0.314 e. The van der Waals surface area contributed by atoms with Gasteiger partial charge in [-0.15, -0.1) is 0 Å². The summed E-state index contributed by atoms with van der Waals surface area (Å²) in [7, 11) is 0. The lowest BCUT2D eigenvalue weighted by atomic mass is 10.0. The zero-order valence-corrected chi connectivity index (χ0v) is 10.1. The van der Waals surface area contributed by atoms with Crippen LogP contribution in [-0.2, 0) is 0 Å². The van der Waals surface area contributed by atoms with Crippen molar-refractivity contribution in [1.82, 2.24) is 5.32 Å². The van der Waals surface area contributed by atoms with E-state index in [1.54, 1.807) is 0 Å². The van der Waals surface area contributed by atoms with Crippen molar-refractivity contribution in [2.75, 3.05) is 18.1 Å². The Bertz CT molecular complexity index is 162. The lowest BCUT2D eigenvalue weighted by Crippen LogP contribution is -2.32. The van der Waals surface area contributed by atoms with Crippen LogP contribution >= 0.6 is 11.8 Å². The van der Waals surface area contributed by atoms with Gasteiger partial charge in [0.2, 0.25) is 0 Å². The van der Waals surface area contributed by atoms with Gasteiger partial charge in [-0.25, -0.2) is 0 Å². The molecule has 1 nitrogen and oxygen atoms in total. The fraction of sp³-hybridized carbons (Fsp3) is 1.00. The summed E-state index contributed by atoms with van der Waals surface area (Å²) in [6, 6.07) is 0.761. The zero-order valence-electron chi connectivity index (χ0n) is 9.30. The van der Waals surface area contributed by atoms with Crippen LogP contribution in [0.5, 0.6) is 0 Å². The van der Waals surface area contributed by atoms with E-state index in [-0.39, 0.29) is 0 Å². The quantitative estimate of drug-likeness (QED) is 0.753. The minimum absolute atomic E-state index is 0.761. The van der Waals surface area contributed by atoms with Crippen molar-refractivity contribution >= 4 is 11.8 Å². The van der Waals surface area contributed by atoms with Gasteiger partial charge >= 0.3 is 0 Å². The van der Waals surface area contributed by atoms with Crippen LogP contribution in [0.25, 0.3) is 0 Å². The molecule has 1 aliphatic carbocycles. The average Bonchev–Trinajstić information content (AvgIpc) is 3.00. The highest BCUT2D eigenvalue weighted by molar-refractivity contribution is 7.99. The normalized spacial score (nSPS) is 26.4. The van der Waals surface area contributed by atoms with Crippen LogP contribution in [0.1, 0.15) is 39.0 Å². The van der Waals surface area contributed by atoms with Gasteiger partial charge < -0.3 is 5.32 Å². The lowest BCUT2D eigenvalue weighted by Gasteiger charge is -2.23. The summed E-state index contributed by atoms with van der Waals surface area (Å²) in [5, 5.41) is 3.71. The molecule has 2 aliphatic rings. The van der Waals surface area contributed by atoms with E-state index in [1.165, 1.54) is 50.2 Å². The van der Waals surface area contributed by atoms with E-state index in [2.05, 4.69) is 24.0 Å². The fourth-order valence-electron chi connectivity index (χ4n) is 2.26. The summed E-state index contributed by atoms with van der Waals surface area (Å²) in [5.74, 6) is 4.82. The maximum atomic E-state index is 3.71. The Hall–Kier alpha value is 0.310. The zero-order chi connectivity index (χ0) is 9.80. The summed E-state index contributed by atoms with van der Waals surface area (Å²) in [4.78, 5) is 0. The molecule has 0 aromatic rings. The maximum absolute atomic E-state index is 3.71. The Labute approximate surface area is 92.4 Å². The van der Waals surface area contributed by atoms with Gasteiger partial charge in [-0.2, -0.15) is 11.8 Å². The first-order valence-corrected chi connectivity index (χ1v) is 7.31. The molecule has 2 rings (SSSR count). The molecule has 0 amide bonds. The van der Waals surface area contributed by atoms with Crippen molar-refractivity contribution < 1.29 is 0 Å². The van der Waals surface area contributed by atoms with Crippen LogP contribution in [-0.4, -0.2) is 24.1 Å². The van der Waals surface area contributed by atoms with Crippen LogP contribution in [0.4, 0.5) is 0 Å². The summed E-state index contributed by atoms with van der Waals surface area (Å²) in [6.07, 6.45) is 7.28. The Morgan fingerprint density at radius 3 is 2.50 bits per heavy atom. The third kappa shape index (κ3) is 3.82. The van der Waals surface area contributed by atoms with Crippen molar-refractivity contribution in [3.8, 4) is 0 Å². The molecule has 14 heavy (non-hydrogen) atoms. The van der Waals surface area contributed by atoms with E-state index in [0.717, 1.165) is 17.9 Å². The van der Waals surface area contributed by atoms with Crippen molar-refractivity contribution in [2.24, 2.45) is 11.8 Å². The third-order valence-corrected chi connectivity index (χ3v) is 4.53. The van der Waals surface area contributed by atoms with Crippen molar-refractivity contribution in [3.05, 3.63) is 0 Å². The molecule has 2 heteroatoms. The minimum atomic E-state index is 0.761. The average molecular weight is 213 g/mol. The van der Waals surface area contributed by atoms with Gasteiger partial charge in [-0.05, 0) is 56.1 Å². The molecule has 0 aromatic carbocycles. The molecule has 1 atom stereocenters. The van der Waals surface area contributed by atoms with E-state index < -0.39 is 0 Å². The van der Waals surface area contributed by atoms with Crippen LogP contribution < -0.4 is 5.32 Å². The molecular formula is C12H23NS. The highest BCUT2D eigenvalue weighted by Crippen LogP contribution is 2.33. The maximum Gasteiger partial charge on any atom is 0.00414 e.